The molecule has 0 aliphatic carbocycles. The molecule has 1 N–H and O–H groups in total. The lowest BCUT2D eigenvalue weighted by atomic mass is 9.87. The molecule has 2 aromatic rings. The third-order valence-corrected chi connectivity index (χ3v) is 7.54. The van der Waals surface area contributed by atoms with Crippen molar-refractivity contribution in [3.8, 4) is 0 Å². The van der Waals surface area contributed by atoms with Gasteiger partial charge in [-0.25, -0.2) is 8.78 Å². The van der Waals surface area contributed by atoms with Gasteiger partial charge in [-0.3, -0.25) is 0 Å². The number of rotatable bonds is 7. The quantitative estimate of drug-likeness (QED) is 0.369. The average Bonchev–Trinajstić information content (AvgIpc) is 3.59. The van der Waals surface area contributed by atoms with Crippen LogP contribution < -0.4 is 0 Å². The van der Waals surface area contributed by atoms with E-state index in [0.717, 1.165) is 18.0 Å². The van der Waals surface area contributed by atoms with Crippen LogP contribution in [0.25, 0.3) is 12.2 Å². The van der Waals surface area contributed by atoms with Gasteiger partial charge < -0.3 is 14.8 Å². The topological polar surface area (TPSA) is 22.3 Å². The van der Waals surface area contributed by atoms with Crippen LogP contribution in [0.1, 0.15) is 68.2 Å². The Labute approximate surface area is 229 Å². The van der Waals surface area contributed by atoms with E-state index in [2.05, 4.69) is 60.4 Å². The number of piperidine rings is 1. The SMILES string of the molecule is C=C/C=C/c1cc(C)c(F)c(F)c1.C=C/C=C\c1c[nH]cc1C1CCN(C(C)C2CCN(C)C2)CC1.CC. The minimum Gasteiger partial charge on any atom is -0.367 e. The Bertz CT molecular complexity index is 1040. The molecule has 5 heteroatoms. The smallest absolute Gasteiger partial charge is 0.161 e. The first-order valence-electron chi connectivity index (χ1n) is 14.0. The lowest BCUT2D eigenvalue weighted by Crippen LogP contribution is -2.43. The van der Waals surface area contributed by atoms with Gasteiger partial charge in [0.25, 0.3) is 0 Å². The van der Waals surface area contributed by atoms with Crippen LogP contribution in [0, 0.1) is 24.5 Å². The maximum atomic E-state index is 12.8. The minimum atomic E-state index is -0.816. The average molecular weight is 524 g/mol. The van der Waals surface area contributed by atoms with Crippen LogP contribution in [0.2, 0.25) is 0 Å². The summed E-state index contributed by atoms with van der Waals surface area (Å²) < 4.78 is 25.6. The van der Waals surface area contributed by atoms with Crippen LogP contribution in [0.3, 0.4) is 0 Å². The maximum Gasteiger partial charge on any atom is 0.161 e. The van der Waals surface area contributed by atoms with E-state index < -0.39 is 11.6 Å². The first kappa shape index (κ1) is 31.5. The summed E-state index contributed by atoms with van der Waals surface area (Å²) in [5.74, 6) is -0.0465. The highest BCUT2D eigenvalue weighted by atomic mass is 19.2. The second-order valence-electron chi connectivity index (χ2n) is 10.1. The molecular formula is C33H47F2N3. The number of hydrogen-bond donors (Lipinski definition) is 1. The molecule has 38 heavy (non-hydrogen) atoms. The van der Waals surface area contributed by atoms with E-state index in [0.29, 0.717) is 17.0 Å². The van der Waals surface area contributed by atoms with Gasteiger partial charge in [-0.2, -0.15) is 0 Å². The minimum absolute atomic E-state index is 0.309. The monoisotopic (exact) mass is 523 g/mol. The van der Waals surface area contributed by atoms with Gasteiger partial charge in [0, 0.05) is 25.0 Å². The second kappa shape index (κ2) is 16.3. The Morgan fingerprint density at radius 3 is 2.21 bits per heavy atom. The number of aromatic amines is 1. The van der Waals surface area contributed by atoms with Gasteiger partial charge in [-0.05, 0) is 106 Å². The first-order chi connectivity index (χ1) is 18.3. The van der Waals surface area contributed by atoms with Gasteiger partial charge in [0.15, 0.2) is 11.6 Å². The highest BCUT2D eigenvalue weighted by Crippen LogP contribution is 2.33. The van der Waals surface area contributed by atoms with Crippen molar-refractivity contribution in [1.29, 1.82) is 0 Å². The summed E-state index contributed by atoms with van der Waals surface area (Å²) in [6.07, 6.45) is 19.2. The number of nitrogens with zero attached hydrogens (tertiary/aromatic N) is 2. The van der Waals surface area contributed by atoms with Crippen molar-refractivity contribution in [3.63, 3.8) is 0 Å². The van der Waals surface area contributed by atoms with Crippen LogP contribution in [-0.4, -0.2) is 54.1 Å². The zero-order chi connectivity index (χ0) is 28.1. The number of aromatic nitrogens is 1. The molecule has 3 nitrogen and oxygen atoms in total. The number of aryl methyl sites for hydroxylation is 1. The van der Waals surface area contributed by atoms with Crippen molar-refractivity contribution in [1.82, 2.24) is 14.8 Å². The fraction of sp³-hybridized carbons (Fsp3) is 0.455. The van der Waals surface area contributed by atoms with E-state index in [1.807, 2.05) is 26.0 Å². The van der Waals surface area contributed by atoms with Gasteiger partial charge in [0.1, 0.15) is 0 Å². The van der Waals surface area contributed by atoms with Crippen LogP contribution in [0.5, 0.6) is 0 Å². The van der Waals surface area contributed by atoms with E-state index in [1.54, 1.807) is 24.3 Å². The molecule has 0 saturated carbocycles. The van der Waals surface area contributed by atoms with Gasteiger partial charge in [-0.15, -0.1) is 0 Å². The number of halogens is 2. The van der Waals surface area contributed by atoms with Crippen molar-refractivity contribution in [2.24, 2.45) is 5.92 Å². The number of likely N-dealkylation sites (tertiary alicyclic amines) is 2. The number of H-pyrrole nitrogens is 1. The summed E-state index contributed by atoms with van der Waals surface area (Å²) >= 11 is 0. The number of hydrogen-bond acceptors (Lipinski definition) is 2. The zero-order valence-electron chi connectivity index (χ0n) is 24.0. The number of allylic oxidation sites excluding steroid dienone is 4. The number of benzene rings is 1. The van der Waals surface area contributed by atoms with Crippen molar-refractivity contribution in [2.45, 2.75) is 58.9 Å². The molecule has 2 atom stereocenters. The second-order valence-corrected chi connectivity index (χ2v) is 10.1. The molecular weight excluding hydrogens is 476 g/mol. The molecule has 4 rings (SSSR count). The fourth-order valence-electron chi connectivity index (χ4n) is 5.36. The predicted molar refractivity (Wildman–Crippen MR) is 160 cm³/mol. The molecule has 0 spiro atoms. The maximum absolute atomic E-state index is 12.8. The van der Waals surface area contributed by atoms with Crippen molar-refractivity contribution < 1.29 is 8.78 Å². The predicted octanol–water partition coefficient (Wildman–Crippen LogP) is 8.23. The van der Waals surface area contributed by atoms with Crippen LogP contribution >= 0.6 is 0 Å². The van der Waals surface area contributed by atoms with Crippen molar-refractivity contribution in [3.05, 3.63) is 95.9 Å². The highest BCUT2D eigenvalue weighted by Gasteiger charge is 2.31. The summed E-state index contributed by atoms with van der Waals surface area (Å²) in [4.78, 5) is 8.49. The number of nitrogens with one attached hydrogen (secondary N) is 1. The molecule has 2 unspecified atom stereocenters. The Hall–Kier alpha value is -2.76. The molecule has 0 bridgehead atoms. The zero-order valence-corrected chi connectivity index (χ0v) is 24.0. The summed E-state index contributed by atoms with van der Waals surface area (Å²) in [5, 5.41) is 0. The third kappa shape index (κ3) is 8.92. The Morgan fingerprint density at radius 1 is 0.974 bits per heavy atom. The van der Waals surface area contributed by atoms with Gasteiger partial charge in [-0.1, -0.05) is 63.5 Å². The standard InChI is InChI=1S/C20H31N3.C11H10F2.C2H6/c1-4-5-6-18-13-21-14-20(18)17-8-11-23(12-9-17)16(2)19-7-10-22(3)15-19;1-3-4-5-9-6-8(2)11(13)10(12)7-9;1-2/h4-6,13-14,16-17,19,21H,1,7-12,15H2,2-3H3;3-7H,1H2,2H3;1-2H3/b6-5-;5-4+;. The van der Waals surface area contributed by atoms with Crippen LogP contribution in [-0.2, 0) is 0 Å². The Kier molecular flexibility index (Phi) is 13.5. The van der Waals surface area contributed by atoms with E-state index in [1.165, 1.54) is 63.5 Å². The molecule has 1 aromatic heterocycles. The molecule has 2 aliphatic heterocycles. The molecule has 2 aliphatic rings. The van der Waals surface area contributed by atoms with E-state index in [9.17, 15) is 8.78 Å². The van der Waals surface area contributed by atoms with Crippen molar-refractivity contribution in [2.75, 3.05) is 33.2 Å². The fourth-order valence-corrected chi connectivity index (χ4v) is 5.36. The molecule has 0 amide bonds. The molecule has 3 heterocycles. The van der Waals surface area contributed by atoms with Gasteiger partial charge in [0.05, 0.1) is 0 Å². The highest BCUT2D eigenvalue weighted by molar-refractivity contribution is 5.55. The Morgan fingerprint density at radius 2 is 1.63 bits per heavy atom. The lowest BCUT2D eigenvalue weighted by molar-refractivity contribution is 0.122. The molecule has 2 fully saturated rings. The summed E-state index contributed by atoms with van der Waals surface area (Å²) in [6.45, 7) is 20.2. The molecule has 2 saturated heterocycles. The van der Waals surface area contributed by atoms with Crippen LogP contribution in [0.4, 0.5) is 8.78 Å². The Balaban J connectivity index is 0.000000288. The van der Waals surface area contributed by atoms with Crippen molar-refractivity contribution >= 4 is 12.2 Å². The summed E-state index contributed by atoms with van der Waals surface area (Å²) in [7, 11) is 2.25. The van der Waals surface area contributed by atoms with E-state index >= 15 is 0 Å². The molecule has 208 valence electrons. The molecule has 0 radical (unpaired) electrons. The van der Waals surface area contributed by atoms with Crippen LogP contribution in [0.15, 0.2) is 62.0 Å². The summed E-state index contributed by atoms with van der Waals surface area (Å²) in [5.41, 5.74) is 3.75. The molecule has 1 aromatic carbocycles. The van der Waals surface area contributed by atoms with Gasteiger partial charge >= 0.3 is 0 Å². The lowest BCUT2D eigenvalue weighted by Gasteiger charge is -2.38. The largest absolute Gasteiger partial charge is 0.367 e. The summed E-state index contributed by atoms with van der Waals surface area (Å²) in [6, 6.07) is 3.47. The normalized spacial score (nSPS) is 19.6. The van der Waals surface area contributed by atoms with E-state index in [-0.39, 0.29) is 0 Å². The first-order valence-corrected chi connectivity index (χ1v) is 14.0. The van der Waals surface area contributed by atoms with E-state index in [4.69, 9.17) is 0 Å². The van der Waals surface area contributed by atoms with Gasteiger partial charge in [0.2, 0.25) is 0 Å². The third-order valence-electron chi connectivity index (χ3n) is 7.54.